The van der Waals surface area contributed by atoms with Crippen molar-refractivity contribution in [3.8, 4) is 6.07 Å². The summed E-state index contributed by atoms with van der Waals surface area (Å²) in [4.78, 5) is 29.3. The number of hydrogen-bond acceptors (Lipinski definition) is 4. The zero-order valence-electron chi connectivity index (χ0n) is 18.5. The molecule has 1 unspecified atom stereocenters. The standard InChI is InChI=1S/C26H23F3N2O2S/c27-26(28,29)19-9-5-4-7-15(19)17-13-23(33)31(20-10-6-11-21(32)24(17)20)25-18(14-30)16-8-2-1-3-12-22(16)34-25/h4-5,7,9,17H,1-3,6,8,10-13H2. The third-order valence-corrected chi connectivity index (χ3v) is 8.31. The molecular formula is C26H23F3N2O2S. The van der Waals surface area contributed by atoms with Crippen LogP contribution in [0, 0.1) is 11.3 Å². The maximum Gasteiger partial charge on any atom is 0.416 e. The van der Waals surface area contributed by atoms with Gasteiger partial charge in [-0.25, -0.2) is 0 Å². The van der Waals surface area contributed by atoms with Crippen molar-refractivity contribution in [2.45, 2.75) is 69.9 Å². The molecule has 1 aliphatic heterocycles. The molecule has 1 aromatic heterocycles. The Labute approximate surface area is 199 Å². The van der Waals surface area contributed by atoms with E-state index in [9.17, 15) is 28.0 Å². The molecule has 1 atom stereocenters. The van der Waals surface area contributed by atoms with Crippen LogP contribution in [0.1, 0.15) is 78.0 Å². The van der Waals surface area contributed by atoms with Gasteiger partial charge in [-0.15, -0.1) is 11.3 Å². The van der Waals surface area contributed by atoms with Crippen LogP contribution in [0.15, 0.2) is 35.5 Å². The first-order valence-electron chi connectivity index (χ1n) is 11.6. The Balaban J connectivity index is 1.69. The van der Waals surface area contributed by atoms with E-state index in [0.717, 1.165) is 48.6 Å². The maximum absolute atomic E-state index is 13.8. The van der Waals surface area contributed by atoms with E-state index in [2.05, 4.69) is 6.07 Å². The fourth-order valence-corrected chi connectivity index (χ4v) is 6.94. The van der Waals surface area contributed by atoms with Gasteiger partial charge in [0.25, 0.3) is 0 Å². The van der Waals surface area contributed by atoms with Crippen molar-refractivity contribution in [1.82, 2.24) is 0 Å². The average Bonchev–Trinajstić information content (AvgIpc) is 2.98. The lowest BCUT2D eigenvalue weighted by Crippen LogP contribution is -2.41. The predicted molar refractivity (Wildman–Crippen MR) is 122 cm³/mol. The SMILES string of the molecule is N#Cc1c(N2C(=O)CC(c3ccccc3C(F)(F)F)C3=C2CCCC3=O)sc2c1CCCCC2. The molecule has 2 aliphatic carbocycles. The van der Waals surface area contributed by atoms with Crippen molar-refractivity contribution < 1.29 is 22.8 Å². The van der Waals surface area contributed by atoms with Crippen LogP contribution < -0.4 is 4.90 Å². The van der Waals surface area contributed by atoms with Crippen LogP contribution in [-0.4, -0.2) is 11.7 Å². The molecule has 8 heteroatoms. The number of hydrogen-bond donors (Lipinski definition) is 0. The van der Waals surface area contributed by atoms with Crippen LogP contribution >= 0.6 is 11.3 Å². The zero-order valence-corrected chi connectivity index (χ0v) is 19.3. The number of carbonyl (C=O) groups excluding carboxylic acids is 2. The van der Waals surface area contributed by atoms with Gasteiger partial charge in [0.05, 0.1) is 11.1 Å². The highest BCUT2D eigenvalue weighted by Gasteiger charge is 2.44. The summed E-state index contributed by atoms with van der Waals surface area (Å²) in [7, 11) is 0. The lowest BCUT2D eigenvalue weighted by molar-refractivity contribution is -0.138. The molecule has 0 saturated heterocycles. The molecule has 1 amide bonds. The van der Waals surface area contributed by atoms with Gasteiger partial charge in [0.15, 0.2) is 5.78 Å². The number of carbonyl (C=O) groups is 2. The number of aryl methyl sites for hydroxylation is 1. The quantitative estimate of drug-likeness (QED) is 0.461. The minimum absolute atomic E-state index is 0.0341. The van der Waals surface area contributed by atoms with Crippen molar-refractivity contribution in [3.05, 3.63) is 62.7 Å². The molecular weight excluding hydrogens is 461 g/mol. The van der Waals surface area contributed by atoms with Crippen LogP contribution in [0.25, 0.3) is 0 Å². The van der Waals surface area contributed by atoms with Gasteiger partial charge in [0.2, 0.25) is 5.91 Å². The van der Waals surface area contributed by atoms with E-state index < -0.39 is 17.7 Å². The van der Waals surface area contributed by atoms with E-state index in [0.29, 0.717) is 34.7 Å². The number of anilines is 1. The minimum Gasteiger partial charge on any atom is -0.294 e. The number of nitrogens with zero attached hydrogens (tertiary/aromatic N) is 2. The average molecular weight is 485 g/mol. The Morgan fingerprint density at radius 2 is 1.76 bits per heavy atom. The monoisotopic (exact) mass is 484 g/mol. The number of ketones is 1. The van der Waals surface area contributed by atoms with E-state index in [1.165, 1.54) is 34.4 Å². The van der Waals surface area contributed by atoms with Gasteiger partial charge in [-0.2, -0.15) is 18.4 Å². The Hall–Kier alpha value is -2.92. The Bertz CT molecular complexity index is 1250. The molecule has 4 nitrogen and oxygen atoms in total. The van der Waals surface area contributed by atoms with Crippen molar-refractivity contribution >= 4 is 28.0 Å². The second-order valence-electron chi connectivity index (χ2n) is 9.06. The maximum atomic E-state index is 13.8. The highest BCUT2D eigenvalue weighted by Crippen LogP contribution is 2.49. The molecule has 34 heavy (non-hydrogen) atoms. The van der Waals surface area contributed by atoms with Gasteiger partial charge in [-0.05, 0) is 55.7 Å². The fourth-order valence-electron chi connectivity index (χ4n) is 5.55. The van der Waals surface area contributed by atoms with Crippen molar-refractivity contribution in [2.75, 3.05) is 4.90 Å². The Morgan fingerprint density at radius 1 is 1.00 bits per heavy atom. The topological polar surface area (TPSA) is 61.2 Å². The highest BCUT2D eigenvalue weighted by atomic mass is 32.1. The summed E-state index contributed by atoms with van der Waals surface area (Å²) in [6.45, 7) is 0. The summed E-state index contributed by atoms with van der Waals surface area (Å²) in [5, 5.41) is 10.5. The van der Waals surface area contributed by atoms with E-state index >= 15 is 0 Å². The van der Waals surface area contributed by atoms with Gasteiger partial charge >= 0.3 is 6.18 Å². The molecule has 0 fully saturated rings. The second-order valence-corrected chi connectivity index (χ2v) is 10.1. The molecule has 1 aromatic carbocycles. The van der Waals surface area contributed by atoms with Gasteiger partial charge in [0.1, 0.15) is 11.1 Å². The zero-order chi connectivity index (χ0) is 24.0. The van der Waals surface area contributed by atoms with Gasteiger partial charge in [-0.1, -0.05) is 24.6 Å². The predicted octanol–water partition coefficient (Wildman–Crippen LogP) is 6.44. The second kappa shape index (κ2) is 8.70. The normalized spacial score (nSPS) is 21.1. The van der Waals surface area contributed by atoms with Gasteiger partial charge in [-0.3, -0.25) is 14.5 Å². The number of Topliss-reactive ketones (excluding diaryl/α,β-unsaturated/α-hetero) is 1. The van der Waals surface area contributed by atoms with E-state index in [-0.39, 0.29) is 30.1 Å². The van der Waals surface area contributed by atoms with Crippen molar-refractivity contribution in [1.29, 1.82) is 5.26 Å². The van der Waals surface area contributed by atoms with Crippen LogP contribution in [0.5, 0.6) is 0 Å². The number of rotatable bonds is 2. The summed E-state index contributed by atoms with van der Waals surface area (Å²) in [6.07, 6.45) is 1.11. The van der Waals surface area contributed by atoms with Crippen LogP contribution in [-0.2, 0) is 28.6 Å². The third-order valence-electron chi connectivity index (χ3n) is 7.03. The largest absolute Gasteiger partial charge is 0.416 e. The molecule has 0 N–H and O–H groups in total. The minimum atomic E-state index is -4.59. The molecule has 3 aliphatic rings. The Kier molecular flexibility index (Phi) is 5.85. The first-order chi connectivity index (χ1) is 16.3. The first-order valence-corrected chi connectivity index (χ1v) is 12.4. The van der Waals surface area contributed by atoms with E-state index in [1.54, 1.807) is 0 Å². The smallest absolute Gasteiger partial charge is 0.294 e. The van der Waals surface area contributed by atoms with Gasteiger partial charge in [0, 0.05) is 34.9 Å². The lowest BCUT2D eigenvalue weighted by Gasteiger charge is -2.38. The number of benzene rings is 1. The number of thiophene rings is 1. The summed E-state index contributed by atoms with van der Waals surface area (Å²) in [6, 6.07) is 7.50. The number of alkyl halides is 3. The molecule has 0 radical (unpaired) electrons. The molecule has 5 rings (SSSR count). The molecule has 0 saturated carbocycles. The highest BCUT2D eigenvalue weighted by molar-refractivity contribution is 7.16. The molecule has 2 heterocycles. The summed E-state index contributed by atoms with van der Waals surface area (Å²) in [5.41, 5.74) is 1.40. The summed E-state index contributed by atoms with van der Waals surface area (Å²) >= 11 is 1.43. The number of fused-ring (bicyclic) bond motifs is 1. The van der Waals surface area contributed by atoms with E-state index in [4.69, 9.17) is 0 Å². The van der Waals surface area contributed by atoms with Crippen molar-refractivity contribution in [2.24, 2.45) is 0 Å². The number of allylic oxidation sites excluding steroid dienone is 2. The molecule has 176 valence electrons. The summed E-state index contributed by atoms with van der Waals surface area (Å²) < 4.78 is 41.4. The number of halogens is 3. The van der Waals surface area contributed by atoms with Crippen molar-refractivity contribution in [3.63, 3.8) is 0 Å². The molecule has 2 aromatic rings. The van der Waals surface area contributed by atoms with Crippen LogP contribution in [0.3, 0.4) is 0 Å². The molecule has 0 bridgehead atoms. The molecule has 0 spiro atoms. The van der Waals surface area contributed by atoms with E-state index in [1.807, 2.05) is 0 Å². The van der Waals surface area contributed by atoms with Crippen LogP contribution in [0.4, 0.5) is 18.2 Å². The summed E-state index contributed by atoms with van der Waals surface area (Å²) in [5.74, 6) is -1.51. The lowest BCUT2D eigenvalue weighted by atomic mass is 9.76. The first kappa shape index (κ1) is 22.9. The van der Waals surface area contributed by atoms with Gasteiger partial charge < -0.3 is 0 Å². The third kappa shape index (κ3) is 3.76. The fraction of sp³-hybridized carbons (Fsp3) is 0.423. The Morgan fingerprint density at radius 3 is 2.53 bits per heavy atom. The number of amides is 1. The van der Waals surface area contributed by atoms with Crippen LogP contribution in [0.2, 0.25) is 0 Å². The number of nitriles is 1.